The molecule has 4 aromatic carbocycles. The fourth-order valence-electron chi connectivity index (χ4n) is 9.69. The van der Waals surface area contributed by atoms with Crippen molar-refractivity contribution in [2.24, 2.45) is 0 Å². The van der Waals surface area contributed by atoms with E-state index < -0.39 is 17.6 Å². The summed E-state index contributed by atoms with van der Waals surface area (Å²) >= 11 is 0. The third-order valence-electron chi connectivity index (χ3n) is 13.8. The van der Waals surface area contributed by atoms with E-state index in [4.69, 9.17) is 56.9 Å². The van der Waals surface area contributed by atoms with E-state index in [-0.39, 0.29) is 37.0 Å². The number of aryl methyl sites for hydroxylation is 2. The Morgan fingerprint density at radius 2 is 1.07 bits per heavy atom. The van der Waals surface area contributed by atoms with Crippen molar-refractivity contribution in [1.29, 1.82) is 0 Å². The molecule has 1 amide bonds. The number of carboxylic acid groups (broad SMARTS) is 1. The average Bonchev–Trinajstić information content (AvgIpc) is 2.48. The highest BCUT2D eigenvalue weighted by atomic mass is 19.1. The molecular weight excluding hydrogens is 1120 g/mol. The Morgan fingerprint density at radius 1 is 0.621 bits per heavy atom. The van der Waals surface area contributed by atoms with Crippen LogP contribution in [0.1, 0.15) is 60.5 Å². The highest BCUT2D eigenvalue weighted by molar-refractivity contribution is 5.99. The zero-order valence-corrected chi connectivity index (χ0v) is 47.0. The van der Waals surface area contributed by atoms with Crippen LogP contribution in [-0.2, 0) is 22.8 Å². The quantitative estimate of drug-likeness (QED) is 0.0739. The second kappa shape index (κ2) is 27.0. The topological polar surface area (TPSA) is 297 Å². The van der Waals surface area contributed by atoms with Crippen LogP contribution in [0.4, 0.5) is 20.4 Å². The van der Waals surface area contributed by atoms with E-state index in [1.165, 1.54) is 42.8 Å². The van der Waals surface area contributed by atoms with Crippen molar-refractivity contribution in [3.8, 4) is 81.7 Å². The van der Waals surface area contributed by atoms with E-state index in [2.05, 4.69) is 57.5 Å². The minimum atomic E-state index is -1.22. The molecule has 23 nitrogen and oxygen atoms in total. The van der Waals surface area contributed by atoms with Crippen LogP contribution in [0.15, 0.2) is 122 Å². The van der Waals surface area contributed by atoms with Gasteiger partial charge in [0.15, 0.2) is 11.3 Å². The van der Waals surface area contributed by atoms with Crippen molar-refractivity contribution < 1.29 is 42.4 Å². The Balaban J connectivity index is 0.000000179. The molecule has 0 aliphatic carbocycles. The van der Waals surface area contributed by atoms with Gasteiger partial charge >= 0.3 is 5.97 Å². The van der Waals surface area contributed by atoms with Crippen LogP contribution in [-0.4, -0.2) is 107 Å². The largest absolute Gasteiger partial charge is 0.489 e. The summed E-state index contributed by atoms with van der Waals surface area (Å²) in [7, 11) is 0. The highest BCUT2D eigenvalue weighted by Gasteiger charge is 2.29. The average molecular weight is 1180 g/mol. The zero-order chi connectivity index (χ0) is 61.0. The molecule has 2 saturated heterocycles. The van der Waals surface area contributed by atoms with Gasteiger partial charge in [-0.1, -0.05) is 0 Å². The Kier molecular flexibility index (Phi) is 18.3. The van der Waals surface area contributed by atoms with E-state index in [1.54, 1.807) is 84.6 Å². The molecule has 6 N–H and O–H groups in total. The smallest absolute Gasteiger partial charge is 0.381 e. The van der Waals surface area contributed by atoms with Gasteiger partial charge in [0.1, 0.15) is 107 Å². The predicted molar refractivity (Wildman–Crippen MR) is 317 cm³/mol. The van der Waals surface area contributed by atoms with Crippen LogP contribution in [0.25, 0.3) is 44.6 Å². The second-order valence-corrected chi connectivity index (χ2v) is 20.0. The number of carboxylic acids is 1. The number of carbonyl (C=O) groups is 2. The first-order chi connectivity index (χ1) is 42.2. The Labute approximate surface area is 496 Å². The number of likely N-dealkylation sites (tertiary alicyclic amines) is 1. The molecule has 2 fully saturated rings. The molecule has 8 heterocycles. The number of piperidine rings is 2. The SMILES string of the molecule is C#CC(=O)N1CCC[C@@H](n2nc(-c3ccc(Oc4cc(F)cc(OCc5cnc(C)nc5)c4)cc3)c3c(N)ncnc32)C1.C#CC(=O)O.Cc1ncc(COc2cc(F)cc(Oc3ccc(-c4nn([C@@H]5CCCNC5)c5ncnc(N)c45)cc3)c2)cn1. The maximum absolute atomic E-state index is 14.4. The molecule has 10 aromatic rings. The number of benzene rings is 4. The van der Waals surface area contributed by atoms with Crippen molar-refractivity contribution in [3.63, 3.8) is 0 Å². The maximum atomic E-state index is 14.4. The number of nitrogens with two attached hydrogens (primary N) is 2. The molecule has 2 aliphatic heterocycles. The van der Waals surface area contributed by atoms with Gasteiger partial charge in [-0.05, 0) is 101 Å². The number of aliphatic carboxylic acids is 1. The van der Waals surface area contributed by atoms with Gasteiger partial charge in [-0.3, -0.25) is 4.79 Å². The van der Waals surface area contributed by atoms with Gasteiger partial charge in [0.25, 0.3) is 5.91 Å². The summed E-state index contributed by atoms with van der Waals surface area (Å²) in [4.78, 5) is 56.9. The van der Waals surface area contributed by atoms with Crippen molar-refractivity contribution >= 4 is 45.6 Å². The van der Waals surface area contributed by atoms with Gasteiger partial charge in [0, 0.05) is 109 Å². The summed E-state index contributed by atoms with van der Waals surface area (Å²) in [6.07, 6.45) is 22.9. The number of rotatable bonds is 14. The molecule has 0 bridgehead atoms. The molecule has 0 radical (unpaired) electrons. The van der Waals surface area contributed by atoms with Gasteiger partial charge in [-0.25, -0.2) is 62.8 Å². The molecule has 12 rings (SSSR count). The summed E-state index contributed by atoms with van der Waals surface area (Å²) in [6, 6.07) is 23.0. The number of carbonyl (C=O) groups excluding carboxylic acids is 1. The second-order valence-electron chi connectivity index (χ2n) is 20.0. The van der Waals surface area contributed by atoms with Gasteiger partial charge in [0.05, 0.1) is 22.9 Å². The molecule has 2 atom stereocenters. The highest BCUT2D eigenvalue weighted by Crippen LogP contribution is 2.38. The maximum Gasteiger partial charge on any atom is 0.381 e. The number of nitrogen functional groups attached to an aromatic ring is 2. The third-order valence-corrected chi connectivity index (χ3v) is 13.8. The molecule has 2 aliphatic rings. The molecular formula is C62H56F2N16O7. The molecule has 0 spiro atoms. The molecule has 87 heavy (non-hydrogen) atoms. The molecule has 440 valence electrons. The Hall–Kier alpha value is -11.2. The van der Waals surface area contributed by atoms with Gasteiger partial charge in [-0.2, -0.15) is 10.2 Å². The lowest BCUT2D eigenvalue weighted by Gasteiger charge is -2.31. The van der Waals surface area contributed by atoms with E-state index in [0.29, 0.717) is 87.5 Å². The van der Waals surface area contributed by atoms with Crippen molar-refractivity contribution in [2.45, 2.75) is 64.8 Å². The lowest BCUT2D eigenvalue weighted by molar-refractivity contribution is -0.130. The van der Waals surface area contributed by atoms with Crippen molar-refractivity contribution in [3.05, 3.63) is 157 Å². The van der Waals surface area contributed by atoms with Crippen molar-refractivity contribution in [1.82, 2.24) is 69.6 Å². The summed E-state index contributed by atoms with van der Waals surface area (Å²) < 4.78 is 55.8. The van der Waals surface area contributed by atoms with Crippen molar-refractivity contribution in [2.75, 3.05) is 37.6 Å². The number of hydrogen-bond donors (Lipinski definition) is 4. The fourth-order valence-corrected chi connectivity index (χ4v) is 9.69. The minimum absolute atomic E-state index is 0.123. The first kappa shape index (κ1) is 59.0. The minimum Gasteiger partial charge on any atom is -0.489 e. The van der Waals surface area contributed by atoms with Crippen LogP contribution < -0.4 is 35.7 Å². The lowest BCUT2D eigenvalue weighted by Crippen LogP contribution is -2.40. The first-order valence-electron chi connectivity index (χ1n) is 27.3. The van der Waals surface area contributed by atoms with Gasteiger partial charge in [0.2, 0.25) is 0 Å². The monoisotopic (exact) mass is 1170 g/mol. The van der Waals surface area contributed by atoms with Crippen LogP contribution in [0, 0.1) is 50.2 Å². The number of hydrogen-bond acceptors (Lipinski definition) is 19. The summed E-state index contributed by atoms with van der Waals surface area (Å²) in [5, 5.41) is 22.0. The van der Waals surface area contributed by atoms with Crippen LogP contribution >= 0.6 is 0 Å². The molecule has 6 aromatic heterocycles. The van der Waals surface area contributed by atoms with Gasteiger partial charge < -0.3 is 45.7 Å². The number of amides is 1. The zero-order valence-electron chi connectivity index (χ0n) is 47.0. The number of halogens is 2. The number of nitrogens with zero attached hydrogens (tertiary/aromatic N) is 13. The molecule has 25 heteroatoms. The lowest BCUT2D eigenvalue weighted by atomic mass is 10.1. The van der Waals surface area contributed by atoms with E-state index in [0.717, 1.165) is 72.1 Å². The fraction of sp³-hybridized carbons (Fsp3) is 0.226. The van der Waals surface area contributed by atoms with Crippen LogP contribution in [0.2, 0.25) is 0 Å². The van der Waals surface area contributed by atoms with E-state index in [1.807, 2.05) is 28.9 Å². The van der Waals surface area contributed by atoms with E-state index in [9.17, 15) is 13.6 Å². The number of terminal acetylenes is 2. The van der Waals surface area contributed by atoms with E-state index >= 15 is 0 Å². The molecule has 0 saturated carbocycles. The Bertz CT molecular complexity index is 4170. The summed E-state index contributed by atoms with van der Waals surface area (Å²) in [6.45, 7) is 6.85. The third kappa shape index (κ3) is 14.6. The number of anilines is 2. The first-order valence-corrected chi connectivity index (χ1v) is 27.3. The summed E-state index contributed by atoms with van der Waals surface area (Å²) in [5.41, 5.74) is 18.3. The molecule has 0 unspecified atom stereocenters. The number of aromatic nitrogens is 12. The number of fused-ring (bicyclic) bond motifs is 2. The Morgan fingerprint density at radius 3 is 1.51 bits per heavy atom. The van der Waals surface area contributed by atoms with Crippen LogP contribution in [0.5, 0.6) is 34.5 Å². The standard InChI is InChI=1S/C31H27FN8O3.C28H27FN8O2.C3H2O2/c1-3-27(41)39-10-4-5-23(16-39)40-31-28(30(33)36-18-37-31)29(38-40)21-6-8-24(9-7-21)43-26-12-22(32)11-25(13-26)42-17-20-14-34-19(2)35-15-20;1-17-32-12-18(13-33-17)15-38-23-9-20(29)10-24(11-23)39-22-6-4-19(5-7-22)26-25-27(30)34-16-35-28(25)37(36-26)21-3-2-8-31-14-21;1-2-3(4)5/h1,6-9,11-15,18,23H,4-5,10,16-17H2,2H3,(H2,33,36,37);4-7,9-13,16,21,31H,2-3,8,14-15H2,1H3,(H2,30,34,35);1H,(H,4,5)/t23-;21-;/m11./s1. The van der Waals surface area contributed by atoms with Crippen LogP contribution in [0.3, 0.4) is 0 Å². The van der Waals surface area contributed by atoms with Gasteiger partial charge in [-0.15, -0.1) is 12.8 Å². The predicted octanol–water partition coefficient (Wildman–Crippen LogP) is 8.79. The normalized spacial score (nSPS) is 14.5. The number of ether oxygens (including phenoxy) is 4. The number of nitrogens with one attached hydrogen (secondary N) is 1. The summed E-state index contributed by atoms with van der Waals surface area (Å²) in [5.74, 6) is 5.38.